The van der Waals surface area contributed by atoms with Crippen molar-refractivity contribution >= 4 is 21.7 Å². The zero-order valence-electron chi connectivity index (χ0n) is 11.7. The average Bonchev–Trinajstić information content (AvgIpc) is 2.67. The summed E-state index contributed by atoms with van der Waals surface area (Å²) in [6.45, 7) is 0.942. The standard InChI is InChI=1S/C13H17BrN4O2/c1-17-6-9(14)4-10(17)7-18(2)12-5-13(19)16-11(15-12)8-20-3/h4-6H,7-8H2,1-3H3,(H,15,16,19). The zero-order valence-corrected chi connectivity index (χ0v) is 13.3. The molecule has 0 aliphatic rings. The maximum absolute atomic E-state index is 11.6. The first-order chi connectivity index (χ1) is 9.49. The molecule has 0 atom stereocenters. The van der Waals surface area contributed by atoms with Gasteiger partial charge in [-0.3, -0.25) is 4.79 Å². The van der Waals surface area contributed by atoms with Crippen LogP contribution < -0.4 is 10.5 Å². The van der Waals surface area contributed by atoms with Crippen molar-refractivity contribution in [3.05, 3.63) is 44.7 Å². The molecule has 0 aromatic carbocycles. The lowest BCUT2D eigenvalue weighted by atomic mass is 10.4. The first-order valence-corrected chi connectivity index (χ1v) is 6.90. The molecule has 0 saturated heterocycles. The number of nitrogens with zero attached hydrogens (tertiary/aromatic N) is 3. The Morgan fingerprint density at radius 3 is 2.85 bits per heavy atom. The van der Waals surface area contributed by atoms with Gasteiger partial charge < -0.3 is 19.2 Å². The minimum absolute atomic E-state index is 0.179. The molecule has 6 nitrogen and oxygen atoms in total. The molecular formula is C13H17BrN4O2. The third-order valence-corrected chi connectivity index (χ3v) is 3.36. The predicted octanol–water partition coefficient (Wildman–Crippen LogP) is 1.65. The normalized spacial score (nSPS) is 10.8. The molecule has 0 amide bonds. The minimum Gasteiger partial charge on any atom is -0.377 e. The summed E-state index contributed by atoms with van der Waals surface area (Å²) in [6.07, 6.45) is 1.99. The highest BCUT2D eigenvalue weighted by Crippen LogP contribution is 2.17. The molecule has 2 aromatic heterocycles. The molecule has 7 heteroatoms. The van der Waals surface area contributed by atoms with Crippen molar-refractivity contribution in [2.75, 3.05) is 19.1 Å². The van der Waals surface area contributed by atoms with Gasteiger partial charge >= 0.3 is 0 Å². The van der Waals surface area contributed by atoms with E-state index in [1.165, 1.54) is 6.07 Å². The second-order valence-corrected chi connectivity index (χ2v) is 5.52. The molecular weight excluding hydrogens is 324 g/mol. The summed E-state index contributed by atoms with van der Waals surface area (Å²) in [5.74, 6) is 1.15. The molecule has 0 fully saturated rings. The van der Waals surface area contributed by atoms with Gasteiger partial charge in [-0.15, -0.1) is 0 Å². The van der Waals surface area contributed by atoms with E-state index in [1.54, 1.807) is 7.11 Å². The van der Waals surface area contributed by atoms with Crippen LogP contribution in [0.3, 0.4) is 0 Å². The number of halogens is 1. The number of anilines is 1. The van der Waals surface area contributed by atoms with E-state index in [0.29, 0.717) is 18.2 Å². The highest BCUT2D eigenvalue weighted by Gasteiger charge is 2.09. The second kappa shape index (κ2) is 6.23. The van der Waals surface area contributed by atoms with Crippen LogP contribution in [0.5, 0.6) is 0 Å². The van der Waals surface area contributed by atoms with Crippen molar-refractivity contribution in [2.45, 2.75) is 13.2 Å². The highest BCUT2D eigenvalue weighted by atomic mass is 79.9. The van der Waals surface area contributed by atoms with Gasteiger partial charge in [0.2, 0.25) is 0 Å². The molecule has 0 saturated carbocycles. The maximum Gasteiger partial charge on any atom is 0.253 e. The number of aryl methyl sites for hydroxylation is 1. The Kier molecular flexibility index (Phi) is 4.61. The monoisotopic (exact) mass is 340 g/mol. The number of H-pyrrole nitrogens is 1. The van der Waals surface area contributed by atoms with Crippen LogP contribution >= 0.6 is 15.9 Å². The fraction of sp³-hybridized carbons (Fsp3) is 0.385. The van der Waals surface area contributed by atoms with Crippen molar-refractivity contribution in [3.63, 3.8) is 0 Å². The van der Waals surface area contributed by atoms with Gasteiger partial charge in [-0.05, 0) is 22.0 Å². The average molecular weight is 341 g/mol. The Bertz CT molecular complexity index is 650. The molecule has 0 bridgehead atoms. The Labute approximate surface area is 125 Å². The SMILES string of the molecule is COCc1nc(N(C)Cc2cc(Br)cn2C)cc(=O)[nH]1. The Morgan fingerprint density at radius 2 is 2.25 bits per heavy atom. The minimum atomic E-state index is -0.179. The van der Waals surface area contributed by atoms with Gasteiger partial charge in [0, 0.05) is 43.6 Å². The number of aromatic amines is 1. The zero-order chi connectivity index (χ0) is 14.7. The molecule has 0 aliphatic heterocycles. The van der Waals surface area contributed by atoms with Crippen molar-refractivity contribution < 1.29 is 4.74 Å². The third kappa shape index (κ3) is 3.49. The van der Waals surface area contributed by atoms with Gasteiger partial charge in [0.25, 0.3) is 5.56 Å². The van der Waals surface area contributed by atoms with Crippen molar-refractivity contribution in [3.8, 4) is 0 Å². The Hall–Kier alpha value is -1.60. The molecule has 0 aliphatic carbocycles. The molecule has 0 unspecified atom stereocenters. The molecule has 2 heterocycles. The van der Waals surface area contributed by atoms with Gasteiger partial charge in [0.1, 0.15) is 18.2 Å². The van der Waals surface area contributed by atoms with Crippen LogP contribution in [0.15, 0.2) is 27.6 Å². The van der Waals surface area contributed by atoms with Gasteiger partial charge in [-0.1, -0.05) is 0 Å². The summed E-state index contributed by atoms with van der Waals surface area (Å²) < 4.78 is 8.06. The van der Waals surface area contributed by atoms with Crippen LogP contribution in [0.2, 0.25) is 0 Å². The van der Waals surface area contributed by atoms with E-state index in [4.69, 9.17) is 4.74 Å². The number of hydrogen-bond donors (Lipinski definition) is 1. The summed E-state index contributed by atoms with van der Waals surface area (Å²) in [5.41, 5.74) is 0.941. The molecule has 2 rings (SSSR count). The summed E-state index contributed by atoms with van der Waals surface area (Å²) in [5, 5.41) is 0. The number of ether oxygens (including phenoxy) is 1. The number of aromatic nitrogens is 3. The summed E-state index contributed by atoms with van der Waals surface area (Å²) in [4.78, 5) is 20.6. The van der Waals surface area contributed by atoms with E-state index in [0.717, 1.165) is 10.2 Å². The lowest BCUT2D eigenvalue weighted by molar-refractivity contribution is 0.177. The predicted molar refractivity (Wildman–Crippen MR) is 80.8 cm³/mol. The van der Waals surface area contributed by atoms with Gasteiger partial charge in [0.05, 0.1) is 6.54 Å². The smallest absolute Gasteiger partial charge is 0.253 e. The molecule has 1 N–H and O–H groups in total. The number of hydrogen-bond acceptors (Lipinski definition) is 4. The molecule has 20 heavy (non-hydrogen) atoms. The van der Waals surface area contributed by atoms with E-state index in [2.05, 4.69) is 25.9 Å². The fourth-order valence-electron chi connectivity index (χ4n) is 1.94. The first-order valence-electron chi connectivity index (χ1n) is 6.10. The van der Waals surface area contributed by atoms with E-state index in [1.807, 2.05) is 35.8 Å². The van der Waals surface area contributed by atoms with E-state index >= 15 is 0 Å². The third-order valence-electron chi connectivity index (χ3n) is 2.92. The van der Waals surface area contributed by atoms with Gasteiger partial charge in [0.15, 0.2) is 0 Å². The number of methoxy groups -OCH3 is 1. The van der Waals surface area contributed by atoms with E-state index < -0.39 is 0 Å². The van der Waals surface area contributed by atoms with Crippen LogP contribution in [0.1, 0.15) is 11.5 Å². The summed E-state index contributed by atoms with van der Waals surface area (Å²) in [7, 11) is 5.45. The van der Waals surface area contributed by atoms with Crippen LogP contribution in [-0.2, 0) is 24.9 Å². The first kappa shape index (κ1) is 14.8. The van der Waals surface area contributed by atoms with E-state index in [-0.39, 0.29) is 12.2 Å². The maximum atomic E-state index is 11.6. The topological polar surface area (TPSA) is 63.1 Å². The van der Waals surface area contributed by atoms with Crippen LogP contribution in [-0.4, -0.2) is 28.7 Å². The van der Waals surface area contributed by atoms with Gasteiger partial charge in [-0.2, -0.15) is 0 Å². The molecule has 0 spiro atoms. The summed E-state index contributed by atoms with van der Waals surface area (Å²) >= 11 is 3.45. The Morgan fingerprint density at radius 1 is 1.50 bits per heavy atom. The lowest BCUT2D eigenvalue weighted by Gasteiger charge is -2.18. The molecule has 2 aromatic rings. The van der Waals surface area contributed by atoms with Crippen LogP contribution in [0.25, 0.3) is 0 Å². The second-order valence-electron chi connectivity index (χ2n) is 4.60. The summed E-state index contributed by atoms with van der Waals surface area (Å²) in [6, 6.07) is 3.52. The molecule has 108 valence electrons. The Balaban J connectivity index is 2.22. The lowest BCUT2D eigenvalue weighted by Crippen LogP contribution is -2.23. The number of rotatable bonds is 5. The van der Waals surface area contributed by atoms with Crippen molar-refractivity contribution in [1.29, 1.82) is 0 Å². The van der Waals surface area contributed by atoms with Crippen LogP contribution in [0, 0.1) is 0 Å². The highest BCUT2D eigenvalue weighted by molar-refractivity contribution is 9.10. The molecule has 0 radical (unpaired) electrons. The van der Waals surface area contributed by atoms with Crippen LogP contribution in [0.4, 0.5) is 5.82 Å². The fourth-order valence-corrected chi connectivity index (χ4v) is 2.51. The van der Waals surface area contributed by atoms with Gasteiger partial charge in [-0.25, -0.2) is 4.98 Å². The largest absolute Gasteiger partial charge is 0.377 e. The van der Waals surface area contributed by atoms with Crippen molar-refractivity contribution in [2.24, 2.45) is 7.05 Å². The van der Waals surface area contributed by atoms with E-state index in [9.17, 15) is 4.79 Å². The number of nitrogens with one attached hydrogen (secondary N) is 1. The quantitative estimate of drug-likeness (QED) is 0.898. The van der Waals surface area contributed by atoms with Crippen molar-refractivity contribution in [1.82, 2.24) is 14.5 Å².